The van der Waals surface area contributed by atoms with Gasteiger partial charge in [-0.05, 0) is 36.3 Å². The molecule has 0 saturated carbocycles. The van der Waals surface area contributed by atoms with Crippen molar-refractivity contribution in [2.45, 2.75) is 20.3 Å². The fourth-order valence-corrected chi connectivity index (χ4v) is 2.24. The summed E-state index contributed by atoms with van der Waals surface area (Å²) in [7, 11) is 0. The van der Waals surface area contributed by atoms with Crippen molar-refractivity contribution in [1.82, 2.24) is 5.32 Å². The molecular weight excluding hydrogens is 336 g/mol. The van der Waals surface area contributed by atoms with Crippen molar-refractivity contribution in [2.75, 3.05) is 5.32 Å². The van der Waals surface area contributed by atoms with Crippen LogP contribution in [-0.2, 0) is 4.79 Å². The molecule has 0 unspecified atom stereocenters. The molecule has 0 radical (unpaired) electrons. The van der Waals surface area contributed by atoms with Crippen LogP contribution in [0.15, 0.2) is 22.7 Å². The van der Waals surface area contributed by atoms with Gasteiger partial charge in [0.2, 0.25) is 5.91 Å². The van der Waals surface area contributed by atoms with Crippen LogP contribution in [0.2, 0.25) is 5.02 Å². The van der Waals surface area contributed by atoms with Crippen LogP contribution < -0.4 is 10.6 Å². The summed E-state index contributed by atoms with van der Waals surface area (Å²) in [6, 6.07) is 5.38. The molecule has 1 rings (SSSR count). The lowest BCUT2D eigenvalue weighted by atomic mass is 10.1. The second kappa shape index (κ2) is 7.07. The van der Waals surface area contributed by atoms with E-state index in [1.54, 1.807) is 12.1 Å². The molecule has 1 aromatic rings. The number of thiocarbonyl (C=S) groups is 1. The van der Waals surface area contributed by atoms with Crippen molar-refractivity contribution in [2.24, 2.45) is 5.92 Å². The van der Waals surface area contributed by atoms with Crippen molar-refractivity contribution in [1.29, 1.82) is 0 Å². The summed E-state index contributed by atoms with van der Waals surface area (Å²) in [6.07, 6.45) is 0.440. The minimum absolute atomic E-state index is 0.101. The summed E-state index contributed by atoms with van der Waals surface area (Å²) in [5.41, 5.74) is 0.662. The lowest BCUT2D eigenvalue weighted by molar-refractivity contribution is -0.120. The van der Waals surface area contributed by atoms with E-state index in [1.165, 1.54) is 0 Å². The van der Waals surface area contributed by atoms with Crippen LogP contribution in [0.5, 0.6) is 0 Å². The smallest absolute Gasteiger partial charge is 0.226 e. The van der Waals surface area contributed by atoms with E-state index in [1.807, 2.05) is 19.9 Å². The molecule has 2 N–H and O–H groups in total. The highest BCUT2D eigenvalue weighted by Crippen LogP contribution is 2.25. The number of halogens is 2. The van der Waals surface area contributed by atoms with E-state index in [-0.39, 0.29) is 11.0 Å². The van der Waals surface area contributed by atoms with E-state index in [0.717, 1.165) is 4.47 Å². The second-order valence-electron chi connectivity index (χ2n) is 4.22. The Balaban J connectivity index is 2.57. The first-order chi connectivity index (χ1) is 8.38. The number of nitrogens with one attached hydrogen (secondary N) is 2. The average molecular weight is 350 g/mol. The Morgan fingerprint density at radius 3 is 2.72 bits per heavy atom. The van der Waals surface area contributed by atoms with Gasteiger partial charge in [-0.15, -0.1) is 0 Å². The molecule has 0 aliphatic carbocycles. The van der Waals surface area contributed by atoms with E-state index < -0.39 is 0 Å². The van der Waals surface area contributed by atoms with Gasteiger partial charge in [-0.1, -0.05) is 41.4 Å². The van der Waals surface area contributed by atoms with E-state index in [0.29, 0.717) is 23.0 Å². The van der Waals surface area contributed by atoms with Gasteiger partial charge < -0.3 is 10.6 Å². The first kappa shape index (κ1) is 15.4. The molecule has 3 nitrogen and oxygen atoms in total. The van der Waals surface area contributed by atoms with Gasteiger partial charge in [-0.3, -0.25) is 4.79 Å². The molecule has 0 bridgehead atoms. The van der Waals surface area contributed by atoms with Gasteiger partial charge in [0.25, 0.3) is 0 Å². The Morgan fingerprint density at radius 1 is 1.50 bits per heavy atom. The normalized spacial score (nSPS) is 10.3. The number of rotatable bonds is 3. The summed E-state index contributed by atoms with van der Waals surface area (Å²) in [4.78, 5) is 11.5. The molecule has 1 aromatic carbocycles. The van der Waals surface area contributed by atoms with Crippen molar-refractivity contribution in [3.05, 3.63) is 27.7 Å². The third-order valence-electron chi connectivity index (χ3n) is 2.03. The Hall–Kier alpha value is -0.650. The van der Waals surface area contributed by atoms with Gasteiger partial charge in [0.15, 0.2) is 5.11 Å². The number of anilines is 1. The molecule has 0 aliphatic heterocycles. The maximum Gasteiger partial charge on any atom is 0.226 e. The number of benzene rings is 1. The average Bonchev–Trinajstić information content (AvgIpc) is 2.20. The van der Waals surface area contributed by atoms with E-state index in [9.17, 15) is 4.79 Å². The van der Waals surface area contributed by atoms with Crippen LogP contribution >= 0.6 is 39.7 Å². The zero-order valence-electron chi connectivity index (χ0n) is 10.1. The molecule has 1 amide bonds. The molecule has 0 fully saturated rings. The molecular formula is C12H14BrClN2OS. The zero-order chi connectivity index (χ0) is 13.7. The minimum atomic E-state index is -0.101. The Kier molecular flexibility index (Phi) is 6.05. The number of carbonyl (C=O) groups is 1. The SMILES string of the molecule is CC(C)CC(=O)NC(=S)Nc1ccc(Br)cc1Cl. The van der Waals surface area contributed by atoms with Gasteiger partial charge in [-0.2, -0.15) is 0 Å². The standard InChI is InChI=1S/C12H14BrClN2OS/c1-7(2)5-11(17)16-12(18)15-10-4-3-8(13)6-9(10)14/h3-4,6-7H,5H2,1-2H3,(H2,15,16,17,18). The van der Waals surface area contributed by atoms with Gasteiger partial charge in [0.1, 0.15) is 0 Å². The first-order valence-electron chi connectivity index (χ1n) is 5.44. The summed E-state index contributed by atoms with van der Waals surface area (Å²) in [6.45, 7) is 3.95. The topological polar surface area (TPSA) is 41.1 Å². The third-order valence-corrected chi connectivity index (χ3v) is 3.04. The molecule has 0 atom stereocenters. The maximum atomic E-state index is 11.5. The van der Waals surface area contributed by atoms with Crippen LogP contribution in [0.3, 0.4) is 0 Å². The number of hydrogen-bond acceptors (Lipinski definition) is 2. The molecule has 98 valence electrons. The molecule has 6 heteroatoms. The molecule has 0 aromatic heterocycles. The molecule has 0 heterocycles. The summed E-state index contributed by atoms with van der Waals surface area (Å²) in [5.74, 6) is 0.194. The second-order valence-corrected chi connectivity index (χ2v) is 5.96. The quantitative estimate of drug-likeness (QED) is 0.812. The maximum absolute atomic E-state index is 11.5. The highest BCUT2D eigenvalue weighted by atomic mass is 79.9. The van der Waals surface area contributed by atoms with E-state index in [2.05, 4.69) is 26.6 Å². The Bertz CT molecular complexity index is 465. The van der Waals surface area contributed by atoms with Crippen molar-refractivity contribution >= 4 is 56.5 Å². The van der Waals surface area contributed by atoms with E-state index in [4.69, 9.17) is 23.8 Å². The molecule has 18 heavy (non-hydrogen) atoms. The lowest BCUT2D eigenvalue weighted by Gasteiger charge is -2.11. The summed E-state index contributed by atoms with van der Waals surface area (Å²) < 4.78 is 0.882. The van der Waals surface area contributed by atoms with Gasteiger partial charge in [0, 0.05) is 10.9 Å². The molecule has 0 saturated heterocycles. The minimum Gasteiger partial charge on any atom is -0.331 e. The van der Waals surface area contributed by atoms with E-state index >= 15 is 0 Å². The Morgan fingerprint density at radius 2 is 2.17 bits per heavy atom. The summed E-state index contributed by atoms with van der Waals surface area (Å²) in [5, 5.41) is 6.29. The van der Waals surface area contributed by atoms with Crippen LogP contribution in [-0.4, -0.2) is 11.0 Å². The molecule has 0 spiro atoms. The third kappa shape index (κ3) is 5.33. The van der Waals surface area contributed by atoms with Crippen molar-refractivity contribution in [3.63, 3.8) is 0 Å². The first-order valence-corrected chi connectivity index (χ1v) is 7.02. The van der Waals surface area contributed by atoms with Crippen LogP contribution in [0.25, 0.3) is 0 Å². The largest absolute Gasteiger partial charge is 0.331 e. The lowest BCUT2D eigenvalue weighted by Crippen LogP contribution is -2.34. The van der Waals surface area contributed by atoms with Crippen molar-refractivity contribution < 1.29 is 4.79 Å². The fraction of sp³-hybridized carbons (Fsp3) is 0.333. The van der Waals surface area contributed by atoms with Gasteiger partial charge in [0.05, 0.1) is 10.7 Å². The fourth-order valence-electron chi connectivity index (χ4n) is 1.29. The highest BCUT2D eigenvalue weighted by Gasteiger charge is 2.08. The van der Waals surface area contributed by atoms with Crippen LogP contribution in [0, 0.1) is 5.92 Å². The number of carbonyl (C=O) groups excluding carboxylic acids is 1. The predicted octanol–water partition coefficient (Wildman–Crippen LogP) is 3.96. The van der Waals surface area contributed by atoms with Crippen LogP contribution in [0.4, 0.5) is 5.69 Å². The van der Waals surface area contributed by atoms with Gasteiger partial charge >= 0.3 is 0 Å². The summed E-state index contributed by atoms with van der Waals surface area (Å²) >= 11 is 14.4. The Labute approximate surface area is 125 Å². The number of amides is 1. The van der Waals surface area contributed by atoms with Crippen LogP contribution in [0.1, 0.15) is 20.3 Å². The molecule has 0 aliphatic rings. The van der Waals surface area contributed by atoms with Crippen molar-refractivity contribution in [3.8, 4) is 0 Å². The monoisotopic (exact) mass is 348 g/mol. The predicted molar refractivity (Wildman–Crippen MR) is 83.0 cm³/mol. The number of hydrogen-bond donors (Lipinski definition) is 2. The highest BCUT2D eigenvalue weighted by molar-refractivity contribution is 9.10. The zero-order valence-corrected chi connectivity index (χ0v) is 13.2. The van der Waals surface area contributed by atoms with Gasteiger partial charge in [-0.25, -0.2) is 0 Å².